The number of likely N-dealkylation sites (tertiary alicyclic amines) is 1. The Bertz CT molecular complexity index is 626. The Morgan fingerprint density at radius 1 is 0.920 bits per heavy atom. The van der Waals surface area contributed by atoms with Crippen LogP contribution in [0.2, 0.25) is 0 Å². The Morgan fingerprint density at radius 3 is 2.08 bits per heavy atom. The molecule has 0 amide bonds. The summed E-state index contributed by atoms with van der Waals surface area (Å²) in [7, 11) is 0. The topological polar surface area (TPSA) is 20.3 Å². The maximum Gasteiger partial charge on any atom is 0.129 e. The molecule has 1 saturated heterocycles. The molecule has 0 aromatic heterocycles. The highest BCUT2D eigenvalue weighted by Crippen LogP contribution is 2.43. The number of hydrogen-bond acceptors (Lipinski definition) is 2. The zero-order chi connectivity index (χ0) is 17.5. The molecule has 1 aliphatic heterocycles. The van der Waals surface area contributed by atoms with Crippen LogP contribution < -0.4 is 0 Å². The smallest absolute Gasteiger partial charge is 0.129 e. The molecule has 0 unspecified atom stereocenters. The third kappa shape index (κ3) is 4.01. The first-order valence-corrected chi connectivity index (χ1v) is 9.59. The first kappa shape index (κ1) is 17.9. The summed E-state index contributed by atoms with van der Waals surface area (Å²) in [6.45, 7) is 3.88. The Kier molecular flexibility index (Phi) is 6.04. The number of ketones is 1. The summed E-state index contributed by atoms with van der Waals surface area (Å²) < 4.78 is 0. The van der Waals surface area contributed by atoms with Crippen molar-refractivity contribution in [1.29, 1.82) is 0 Å². The molecular weight excluding hydrogens is 306 g/mol. The van der Waals surface area contributed by atoms with Crippen LogP contribution in [-0.2, 0) is 10.3 Å². The first-order valence-electron chi connectivity index (χ1n) is 9.59. The largest absolute Gasteiger partial charge is 0.300 e. The molecule has 1 fully saturated rings. The van der Waals surface area contributed by atoms with E-state index in [0.717, 1.165) is 32.4 Å². The highest BCUT2D eigenvalue weighted by Gasteiger charge is 2.41. The average Bonchev–Trinajstić information content (AvgIpc) is 2.67. The fourth-order valence-electron chi connectivity index (χ4n) is 4.26. The van der Waals surface area contributed by atoms with E-state index in [1.165, 1.54) is 24.0 Å². The van der Waals surface area contributed by atoms with E-state index in [1.54, 1.807) is 6.92 Å². The molecule has 1 heterocycles. The first-order chi connectivity index (χ1) is 12.2. The summed E-state index contributed by atoms with van der Waals surface area (Å²) in [6, 6.07) is 21.9. The zero-order valence-corrected chi connectivity index (χ0v) is 15.3. The van der Waals surface area contributed by atoms with E-state index >= 15 is 0 Å². The predicted molar refractivity (Wildman–Crippen MR) is 104 cm³/mol. The van der Waals surface area contributed by atoms with Crippen molar-refractivity contribution >= 4 is 5.78 Å². The van der Waals surface area contributed by atoms with Crippen LogP contribution in [0.4, 0.5) is 0 Å². The minimum Gasteiger partial charge on any atom is -0.300 e. The molecule has 0 N–H and O–H groups in total. The van der Waals surface area contributed by atoms with Crippen LogP contribution in [0.1, 0.15) is 56.6 Å². The quantitative estimate of drug-likeness (QED) is 0.650. The van der Waals surface area contributed by atoms with Gasteiger partial charge in [0.1, 0.15) is 5.78 Å². The highest BCUT2D eigenvalue weighted by atomic mass is 16.1. The van der Waals surface area contributed by atoms with Crippen molar-refractivity contribution in [3.8, 4) is 0 Å². The Balaban J connectivity index is 1.92. The molecule has 2 nitrogen and oxygen atoms in total. The van der Waals surface area contributed by atoms with E-state index in [4.69, 9.17) is 0 Å². The lowest BCUT2D eigenvalue weighted by Gasteiger charge is -2.48. The summed E-state index contributed by atoms with van der Waals surface area (Å²) in [5, 5.41) is 0. The van der Waals surface area contributed by atoms with Gasteiger partial charge in [0.15, 0.2) is 0 Å². The van der Waals surface area contributed by atoms with E-state index in [1.807, 2.05) is 0 Å². The second kappa shape index (κ2) is 8.44. The lowest BCUT2D eigenvalue weighted by molar-refractivity contribution is -0.117. The molecule has 132 valence electrons. The molecule has 25 heavy (non-hydrogen) atoms. The molecule has 0 aliphatic carbocycles. The van der Waals surface area contributed by atoms with E-state index in [9.17, 15) is 4.79 Å². The van der Waals surface area contributed by atoms with Crippen LogP contribution in [0.25, 0.3) is 0 Å². The third-order valence-electron chi connectivity index (χ3n) is 5.47. The van der Waals surface area contributed by atoms with Crippen molar-refractivity contribution in [1.82, 2.24) is 4.90 Å². The van der Waals surface area contributed by atoms with Crippen molar-refractivity contribution < 1.29 is 4.79 Å². The van der Waals surface area contributed by atoms with Crippen LogP contribution in [0, 0.1) is 0 Å². The molecular formula is C23H29NO. The summed E-state index contributed by atoms with van der Waals surface area (Å²) in [5.74, 6) is 0.302. The second-order valence-electron chi connectivity index (χ2n) is 7.20. The molecule has 0 radical (unpaired) electrons. The number of rotatable bonds is 7. The van der Waals surface area contributed by atoms with Crippen molar-refractivity contribution in [2.45, 2.75) is 51.0 Å². The number of hydrogen-bond donors (Lipinski definition) is 0. The van der Waals surface area contributed by atoms with Crippen LogP contribution in [-0.4, -0.2) is 23.8 Å². The number of carbonyl (C=O) groups is 1. The number of unbranched alkanes of at least 4 members (excludes halogenated alkanes) is 1. The number of benzene rings is 2. The summed E-state index contributed by atoms with van der Waals surface area (Å²) in [6.07, 6.45) is 6.46. The maximum absolute atomic E-state index is 11.3. The summed E-state index contributed by atoms with van der Waals surface area (Å²) in [5.41, 5.74) is 2.76. The highest BCUT2D eigenvalue weighted by molar-refractivity contribution is 5.75. The van der Waals surface area contributed by atoms with Gasteiger partial charge in [-0.05, 0) is 63.2 Å². The van der Waals surface area contributed by atoms with Gasteiger partial charge in [-0.1, -0.05) is 60.7 Å². The SMILES string of the molecule is CC(=O)CCCCN1CCCCC1(c1ccccc1)c1ccccc1. The Hall–Kier alpha value is -1.93. The van der Waals surface area contributed by atoms with Gasteiger partial charge in [-0.2, -0.15) is 0 Å². The molecule has 1 aliphatic rings. The van der Waals surface area contributed by atoms with Gasteiger partial charge in [-0.15, -0.1) is 0 Å². The standard InChI is InChI=1S/C23H29NO/c1-20(25)12-8-10-18-24-19-11-9-17-23(24,21-13-4-2-5-14-21)22-15-6-3-7-16-22/h2-7,13-16H,8-12,17-19H2,1H3. The number of carbonyl (C=O) groups excluding carboxylic acids is 1. The van der Waals surface area contributed by atoms with Crippen LogP contribution in [0.15, 0.2) is 60.7 Å². The Morgan fingerprint density at radius 2 is 1.52 bits per heavy atom. The molecule has 0 spiro atoms. The van der Waals surface area contributed by atoms with E-state index in [2.05, 4.69) is 65.6 Å². The Labute approximate surface area is 151 Å². The summed E-state index contributed by atoms with van der Waals surface area (Å²) >= 11 is 0. The van der Waals surface area contributed by atoms with E-state index in [0.29, 0.717) is 12.2 Å². The van der Waals surface area contributed by atoms with Gasteiger partial charge >= 0.3 is 0 Å². The van der Waals surface area contributed by atoms with E-state index in [-0.39, 0.29) is 5.54 Å². The van der Waals surface area contributed by atoms with Gasteiger partial charge in [0.2, 0.25) is 0 Å². The van der Waals surface area contributed by atoms with Crippen molar-refractivity contribution in [2.24, 2.45) is 0 Å². The third-order valence-corrected chi connectivity index (χ3v) is 5.47. The predicted octanol–water partition coefficient (Wildman–Crippen LogP) is 5.18. The normalized spacial score (nSPS) is 17.3. The zero-order valence-electron chi connectivity index (χ0n) is 15.3. The molecule has 2 heteroatoms. The molecule has 2 aromatic carbocycles. The lowest BCUT2D eigenvalue weighted by Crippen LogP contribution is -2.50. The molecule has 0 bridgehead atoms. The van der Waals surface area contributed by atoms with Crippen molar-refractivity contribution in [2.75, 3.05) is 13.1 Å². The van der Waals surface area contributed by atoms with Gasteiger partial charge in [-0.3, -0.25) is 4.90 Å². The van der Waals surface area contributed by atoms with Crippen molar-refractivity contribution in [3.63, 3.8) is 0 Å². The lowest BCUT2D eigenvalue weighted by atomic mass is 9.75. The average molecular weight is 335 g/mol. The molecule has 0 atom stereocenters. The molecule has 0 saturated carbocycles. The van der Waals surface area contributed by atoms with Crippen molar-refractivity contribution in [3.05, 3.63) is 71.8 Å². The number of nitrogens with zero attached hydrogens (tertiary/aromatic N) is 1. The van der Waals surface area contributed by atoms with Gasteiger partial charge in [-0.25, -0.2) is 0 Å². The van der Waals surface area contributed by atoms with Gasteiger partial charge in [0.25, 0.3) is 0 Å². The minimum atomic E-state index is -0.0308. The fourth-order valence-corrected chi connectivity index (χ4v) is 4.26. The fraction of sp³-hybridized carbons (Fsp3) is 0.435. The van der Waals surface area contributed by atoms with Gasteiger partial charge in [0, 0.05) is 6.42 Å². The van der Waals surface area contributed by atoms with E-state index < -0.39 is 0 Å². The van der Waals surface area contributed by atoms with Gasteiger partial charge < -0.3 is 4.79 Å². The summed E-state index contributed by atoms with van der Waals surface area (Å²) in [4.78, 5) is 13.9. The number of Topliss-reactive ketones (excluding diaryl/α,β-unsaturated/α-hetero) is 1. The minimum absolute atomic E-state index is 0.0308. The number of piperidine rings is 1. The monoisotopic (exact) mass is 335 g/mol. The van der Waals surface area contributed by atoms with Gasteiger partial charge in [0.05, 0.1) is 5.54 Å². The van der Waals surface area contributed by atoms with Crippen LogP contribution in [0.5, 0.6) is 0 Å². The second-order valence-corrected chi connectivity index (χ2v) is 7.20. The molecule has 3 rings (SSSR count). The molecule has 2 aromatic rings. The van der Waals surface area contributed by atoms with Crippen LogP contribution in [0.3, 0.4) is 0 Å². The van der Waals surface area contributed by atoms with Crippen LogP contribution >= 0.6 is 0 Å². The maximum atomic E-state index is 11.3.